The quantitative estimate of drug-likeness (QED) is 0.601. The van der Waals surface area contributed by atoms with Crippen LogP contribution in [0.2, 0.25) is 0 Å². The number of aryl methyl sites for hydroxylation is 4. The average molecular weight is 390 g/mol. The van der Waals surface area contributed by atoms with Gasteiger partial charge >= 0.3 is 5.63 Å². The summed E-state index contributed by atoms with van der Waals surface area (Å²) in [6, 6.07) is 7.71. The van der Waals surface area contributed by atoms with Gasteiger partial charge in [-0.1, -0.05) is 0 Å². The van der Waals surface area contributed by atoms with Crippen molar-refractivity contribution >= 4 is 16.7 Å². The molecule has 29 heavy (non-hydrogen) atoms. The Morgan fingerprint density at radius 2 is 1.62 bits per heavy atom. The molecule has 0 radical (unpaired) electrons. The molecule has 1 atom stereocenters. The molecule has 2 aliphatic heterocycles. The van der Waals surface area contributed by atoms with Crippen LogP contribution in [0.1, 0.15) is 39.3 Å². The maximum Gasteiger partial charge on any atom is 0.343 e. The topological polar surface area (TPSA) is 68.9 Å². The Kier molecular flexibility index (Phi) is 3.78. The summed E-state index contributed by atoms with van der Waals surface area (Å²) in [6.07, 6.45) is 0. The fourth-order valence-electron chi connectivity index (χ4n) is 4.18. The highest BCUT2D eigenvalue weighted by Crippen LogP contribution is 2.45. The average Bonchev–Trinajstić information content (AvgIpc) is 3.11. The van der Waals surface area contributed by atoms with Gasteiger partial charge in [-0.25, -0.2) is 4.79 Å². The largest absolute Gasteiger partial charge is 0.507 e. The summed E-state index contributed by atoms with van der Waals surface area (Å²) in [5, 5.41) is 11.8. The molecule has 2 aliphatic rings. The zero-order chi connectivity index (χ0) is 20.4. The van der Waals surface area contributed by atoms with Gasteiger partial charge in [0, 0.05) is 5.57 Å². The van der Waals surface area contributed by atoms with Crippen LogP contribution in [0.4, 0.5) is 0 Å². The normalized spacial score (nSPS) is 17.7. The highest BCUT2D eigenvalue weighted by molar-refractivity contribution is 5.87. The molecular weight excluding hydrogens is 368 g/mol. The number of hydrogen-bond donors (Lipinski definition) is 1. The minimum Gasteiger partial charge on any atom is -0.507 e. The summed E-state index contributed by atoms with van der Waals surface area (Å²) in [6.45, 7) is 8.49. The zero-order valence-corrected chi connectivity index (χ0v) is 16.9. The van der Waals surface area contributed by atoms with Crippen LogP contribution in [0.5, 0.6) is 11.5 Å². The van der Waals surface area contributed by atoms with Gasteiger partial charge in [0.05, 0.1) is 29.0 Å². The molecule has 0 bridgehead atoms. The van der Waals surface area contributed by atoms with E-state index in [-0.39, 0.29) is 19.0 Å². The van der Waals surface area contributed by atoms with E-state index < -0.39 is 11.5 Å². The second-order valence-corrected chi connectivity index (χ2v) is 8.02. The smallest absolute Gasteiger partial charge is 0.343 e. The molecule has 3 aromatic rings. The van der Waals surface area contributed by atoms with Gasteiger partial charge in [0.25, 0.3) is 0 Å². The van der Waals surface area contributed by atoms with Crippen LogP contribution in [0.25, 0.3) is 16.7 Å². The first-order valence-corrected chi connectivity index (χ1v) is 9.72. The Labute approximate surface area is 168 Å². The molecule has 1 aromatic heterocycles. The number of aliphatic hydroxyl groups is 1. The Bertz CT molecular complexity index is 1280. The van der Waals surface area contributed by atoms with Crippen molar-refractivity contribution in [3.8, 4) is 11.5 Å². The third-order valence-electron chi connectivity index (χ3n) is 6.21. The fourth-order valence-corrected chi connectivity index (χ4v) is 4.18. The molecule has 2 aromatic carbocycles. The number of ether oxygens (including phenoxy) is 2. The lowest BCUT2D eigenvalue weighted by atomic mass is 9.89. The Balaban J connectivity index is 1.69. The Morgan fingerprint density at radius 3 is 2.41 bits per heavy atom. The first-order chi connectivity index (χ1) is 13.8. The van der Waals surface area contributed by atoms with Crippen LogP contribution in [0.15, 0.2) is 39.1 Å². The minimum absolute atomic E-state index is 0.162. The molecular formula is C24H22O5. The molecule has 0 saturated heterocycles. The van der Waals surface area contributed by atoms with E-state index >= 15 is 0 Å². The Morgan fingerprint density at radius 1 is 0.931 bits per heavy atom. The molecule has 148 valence electrons. The monoisotopic (exact) mass is 390 g/mol. The molecule has 5 rings (SSSR count). The summed E-state index contributed by atoms with van der Waals surface area (Å²) in [7, 11) is 0. The second kappa shape index (κ2) is 6.14. The molecule has 0 amide bonds. The molecule has 1 N–H and O–H groups in total. The van der Waals surface area contributed by atoms with Gasteiger partial charge in [-0.05, 0) is 74.2 Å². The number of hydrogen-bond acceptors (Lipinski definition) is 5. The van der Waals surface area contributed by atoms with E-state index in [0.717, 1.165) is 27.6 Å². The van der Waals surface area contributed by atoms with Gasteiger partial charge in [0.15, 0.2) is 0 Å². The summed E-state index contributed by atoms with van der Waals surface area (Å²) in [5.41, 5.74) is 6.18. The van der Waals surface area contributed by atoms with Gasteiger partial charge in [-0.3, -0.25) is 0 Å². The van der Waals surface area contributed by atoms with Crippen LogP contribution in [-0.4, -0.2) is 18.3 Å². The fraction of sp³-hybridized carbons (Fsp3) is 0.292. The minimum atomic E-state index is -0.426. The highest BCUT2D eigenvalue weighted by Gasteiger charge is 2.37. The van der Waals surface area contributed by atoms with E-state index in [1.807, 2.05) is 52.0 Å². The van der Waals surface area contributed by atoms with Gasteiger partial charge in [0.1, 0.15) is 29.4 Å². The Hall–Kier alpha value is -3.21. The maximum atomic E-state index is 12.8. The number of fused-ring (bicyclic) bond motifs is 4. The standard InChI is InChI=1S/C24H22O5/c1-11-5-15-19(7-13(11)3)27-10-18(22(15)25)17-9-28-23-16-6-12(2)14(4)8-20(16)29-24(26)21(17)23/h5-8,17,25H,9-10H2,1-4H3. The molecule has 3 heterocycles. The van der Waals surface area contributed by atoms with Crippen molar-refractivity contribution in [2.75, 3.05) is 13.2 Å². The van der Waals surface area contributed by atoms with Crippen LogP contribution < -0.4 is 15.1 Å². The van der Waals surface area contributed by atoms with Crippen molar-refractivity contribution in [3.63, 3.8) is 0 Å². The van der Waals surface area contributed by atoms with Crippen LogP contribution in [-0.2, 0) is 0 Å². The number of benzene rings is 2. The van der Waals surface area contributed by atoms with E-state index in [1.165, 1.54) is 0 Å². The summed E-state index contributed by atoms with van der Waals surface area (Å²) in [4.78, 5) is 12.8. The number of rotatable bonds is 1. The van der Waals surface area contributed by atoms with Crippen molar-refractivity contribution < 1.29 is 19.0 Å². The van der Waals surface area contributed by atoms with Crippen molar-refractivity contribution in [1.29, 1.82) is 0 Å². The van der Waals surface area contributed by atoms with E-state index in [4.69, 9.17) is 13.9 Å². The zero-order valence-electron chi connectivity index (χ0n) is 16.9. The molecule has 0 aliphatic carbocycles. The van der Waals surface area contributed by atoms with Gasteiger partial charge in [-0.2, -0.15) is 0 Å². The van der Waals surface area contributed by atoms with Crippen molar-refractivity contribution in [2.45, 2.75) is 33.6 Å². The molecule has 5 heteroatoms. The molecule has 1 unspecified atom stereocenters. The summed E-state index contributed by atoms with van der Waals surface area (Å²) < 4.78 is 17.5. The van der Waals surface area contributed by atoms with Crippen LogP contribution >= 0.6 is 0 Å². The SMILES string of the molecule is Cc1cc2c(cc1C)C(O)=C(C1COc3c1c(=O)oc1cc(C)c(C)cc31)CO2. The molecule has 5 nitrogen and oxygen atoms in total. The summed E-state index contributed by atoms with van der Waals surface area (Å²) in [5.74, 6) is 0.970. The van der Waals surface area contributed by atoms with Crippen LogP contribution in [0.3, 0.4) is 0 Å². The lowest BCUT2D eigenvalue weighted by molar-refractivity contribution is 0.300. The third-order valence-corrected chi connectivity index (χ3v) is 6.21. The van der Waals surface area contributed by atoms with Crippen molar-refractivity contribution in [1.82, 2.24) is 0 Å². The lowest BCUT2D eigenvalue weighted by Crippen LogP contribution is -2.21. The molecule has 0 fully saturated rings. The highest BCUT2D eigenvalue weighted by atomic mass is 16.5. The molecule has 0 spiro atoms. The number of aliphatic hydroxyl groups excluding tert-OH is 1. The first-order valence-electron chi connectivity index (χ1n) is 9.72. The van der Waals surface area contributed by atoms with E-state index in [2.05, 4.69) is 0 Å². The maximum absolute atomic E-state index is 12.8. The van der Waals surface area contributed by atoms with Crippen molar-refractivity contribution in [3.05, 3.63) is 73.6 Å². The van der Waals surface area contributed by atoms with E-state index in [0.29, 0.717) is 33.8 Å². The predicted octanol–water partition coefficient (Wildman–Crippen LogP) is 4.86. The van der Waals surface area contributed by atoms with Gasteiger partial charge < -0.3 is 19.0 Å². The third kappa shape index (κ3) is 2.57. The lowest BCUT2D eigenvalue weighted by Gasteiger charge is -2.24. The van der Waals surface area contributed by atoms with Crippen LogP contribution in [0, 0.1) is 27.7 Å². The second-order valence-electron chi connectivity index (χ2n) is 8.02. The predicted molar refractivity (Wildman–Crippen MR) is 111 cm³/mol. The first kappa shape index (κ1) is 17.9. The van der Waals surface area contributed by atoms with Crippen molar-refractivity contribution in [2.24, 2.45) is 0 Å². The summed E-state index contributed by atoms with van der Waals surface area (Å²) >= 11 is 0. The van der Waals surface area contributed by atoms with Gasteiger partial charge in [-0.15, -0.1) is 0 Å². The van der Waals surface area contributed by atoms with Gasteiger partial charge in [0.2, 0.25) is 0 Å². The van der Waals surface area contributed by atoms with E-state index in [9.17, 15) is 9.90 Å². The van der Waals surface area contributed by atoms with E-state index in [1.54, 1.807) is 0 Å². The molecule has 0 saturated carbocycles.